The molecular weight excluding hydrogens is 382 g/mol. The Kier molecular flexibility index (Phi) is 16.5. The molecule has 0 aromatic heterocycles. The maximum absolute atomic E-state index is 12.1. The molecule has 0 aromatic rings. The second-order valence-electron chi connectivity index (χ2n) is 7.34. The van der Waals surface area contributed by atoms with E-state index in [1.807, 2.05) is 0 Å². The van der Waals surface area contributed by atoms with Crippen LogP contribution < -0.4 is 5.32 Å². The van der Waals surface area contributed by atoms with Gasteiger partial charge in [-0.2, -0.15) is 0 Å². The van der Waals surface area contributed by atoms with Crippen LogP contribution in [0.1, 0.15) is 65.7 Å². The molecule has 0 aliphatic heterocycles. The SMILES string of the molecule is CCCCCCCNC(=O)[C@@H](O)CC(OC(OC(CC)CO)[C@H](C)O)C(O)CO. The van der Waals surface area contributed by atoms with Crippen molar-refractivity contribution >= 4 is 5.91 Å². The van der Waals surface area contributed by atoms with Crippen molar-refractivity contribution in [1.82, 2.24) is 5.32 Å². The Morgan fingerprint density at radius 1 is 0.966 bits per heavy atom. The van der Waals surface area contributed by atoms with Crippen LogP contribution in [0.2, 0.25) is 0 Å². The first-order valence-electron chi connectivity index (χ1n) is 10.6. The van der Waals surface area contributed by atoms with E-state index < -0.39 is 49.3 Å². The van der Waals surface area contributed by atoms with Gasteiger partial charge in [0.25, 0.3) is 0 Å². The number of hydrogen-bond donors (Lipinski definition) is 6. The summed E-state index contributed by atoms with van der Waals surface area (Å²) in [5.41, 5.74) is 0. The maximum atomic E-state index is 12.1. The number of aliphatic hydroxyl groups excluding tert-OH is 5. The van der Waals surface area contributed by atoms with Crippen molar-refractivity contribution in [3.05, 3.63) is 0 Å². The highest BCUT2D eigenvalue weighted by Gasteiger charge is 2.31. The zero-order valence-corrected chi connectivity index (χ0v) is 18.0. The Balaban J connectivity index is 4.72. The Morgan fingerprint density at radius 3 is 2.14 bits per heavy atom. The number of amides is 1. The summed E-state index contributed by atoms with van der Waals surface area (Å²) in [4.78, 5) is 12.1. The van der Waals surface area contributed by atoms with Crippen LogP contribution in [-0.2, 0) is 14.3 Å². The average Bonchev–Trinajstić information content (AvgIpc) is 2.71. The molecule has 0 radical (unpaired) electrons. The van der Waals surface area contributed by atoms with Crippen LogP contribution in [0.3, 0.4) is 0 Å². The molecule has 0 aliphatic rings. The molecule has 174 valence electrons. The summed E-state index contributed by atoms with van der Waals surface area (Å²) >= 11 is 0. The van der Waals surface area contributed by atoms with E-state index in [1.54, 1.807) is 6.92 Å². The number of unbranched alkanes of at least 4 members (excludes halogenated alkanes) is 4. The van der Waals surface area contributed by atoms with Gasteiger partial charge in [-0.25, -0.2) is 0 Å². The predicted molar refractivity (Wildman–Crippen MR) is 108 cm³/mol. The highest BCUT2D eigenvalue weighted by molar-refractivity contribution is 5.80. The van der Waals surface area contributed by atoms with E-state index in [9.17, 15) is 30.3 Å². The molecule has 0 aromatic carbocycles. The molecule has 29 heavy (non-hydrogen) atoms. The van der Waals surface area contributed by atoms with E-state index in [0.29, 0.717) is 13.0 Å². The topological polar surface area (TPSA) is 149 Å². The largest absolute Gasteiger partial charge is 0.394 e. The molecule has 0 saturated carbocycles. The first kappa shape index (κ1) is 28.2. The Hall–Kier alpha value is -0.810. The monoisotopic (exact) mass is 423 g/mol. The van der Waals surface area contributed by atoms with E-state index in [1.165, 1.54) is 6.92 Å². The Morgan fingerprint density at radius 2 is 1.62 bits per heavy atom. The highest BCUT2D eigenvalue weighted by atomic mass is 16.7. The quantitative estimate of drug-likeness (QED) is 0.134. The third-order valence-electron chi connectivity index (χ3n) is 4.64. The van der Waals surface area contributed by atoms with Crippen LogP contribution in [-0.4, -0.2) is 88.0 Å². The molecule has 4 unspecified atom stereocenters. The van der Waals surface area contributed by atoms with Crippen LogP contribution in [0.4, 0.5) is 0 Å². The van der Waals surface area contributed by atoms with E-state index >= 15 is 0 Å². The molecule has 0 saturated heterocycles. The van der Waals surface area contributed by atoms with Crippen molar-refractivity contribution in [3.63, 3.8) is 0 Å². The van der Waals surface area contributed by atoms with Crippen molar-refractivity contribution < 1.29 is 39.8 Å². The lowest BCUT2D eigenvalue weighted by atomic mass is 10.1. The third kappa shape index (κ3) is 12.5. The fourth-order valence-corrected chi connectivity index (χ4v) is 2.70. The van der Waals surface area contributed by atoms with E-state index in [4.69, 9.17) is 9.47 Å². The molecule has 0 rings (SSSR count). The van der Waals surface area contributed by atoms with E-state index in [-0.39, 0.29) is 13.0 Å². The summed E-state index contributed by atoms with van der Waals surface area (Å²) in [5.74, 6) is -0.587. The van der Waals surface area contributed by atoms with Gasteiger partial charge in [-0.1, -0.05) is 39.5 Å². The molecule has 0 aliphatic carbocycles. The van der Waals surface area contributed by atoms with Crippen molar-refractivity contribution in [2.45, 2.75) is 103 Å². The van der Waals surface area contributed by atoms with E-state index in [2.05, 4.69) is 12.2 Å². The highest BCUT2D eigenvalue weighted by Crippen LogP contribution is 2.16. The van der Waals surface area contributed by atoms with Gasteiger partial charge in [-0.3, -0.25) is 4.79 Å². The maximum Gasteiger partial charge on any atom is 0.248 e. The number of carbonyl (C=O) groups excluding carboxylic acids is 1. The summed E-state index contributed by atoms with van der Waals surface area (Å²) in [6, 6.07) is 0. The van der Waals surface area contributed by atoms with Crippen LogP contribution in [0.5, 0.6) is 0 Å². The van der Waals surface area contributed by atoms with Crippen LogP contribution in [0.25, 0.3) is 0 Å². The molecule has 0 fully saturated rings. The average molecular weight is 424 g/mol. The number of hydrogen-bond acceptors (Lipinski definition) is 8. The van der Waals surface area contributed by atoms with Crippen LogP contribution >= 0.6 is 0 Å². The summed E-state index contributed by atoms with van der Waals surface area (Å²) in [5, 5.41) is 51.3. The number of nitrogens with one attached hydrogen (secondary N) is 1. The first-order valence-corrected chi connectivity index (χ1v) is 10.6. The van der Waals surface area contributed by atoms with Crippen molar-refractivity contribution in [3.8, 4) is 0 Å². The summed E-state index contributed by atoms with van der Waals surface area (Å²) < 4.78 is 11.0. The Bertz CT molecular complexity index is 406. The zero-order valence-electron chi connectivity index (χ0n) is 18.0. The number of ether oxygens (including phenoxy) is 2. The van der Waals surface area contributed by atoms with Gasteiger partial charge in [0, 0.05) is 13.0 Å². The molecule has 0 heterocycles. The molecule has 1 amide bonds. The fraction of sp³-hybridized carbons (Fsp3) is 0.950. The van der Waals surface area contributed by atoms with Gasteiger partial charge in [0.1, 0.15) is 18.3 Å². The minimum atomic E-state index is -1.45. The van der Waals surface area contributed by atoms with Crippen molar-refractivity contribution in [2.24, 2.45) is 0 Å². The minimum Gasteiger partial charge on any atom is -0.394 e. The van der Waals surface area contributed by atoms with Gasteiger partial charge in [-0.05, 0) is 19.8 Å². The molecule has 9 heteroatoms. The van der Waals surface area contributed by atoms with Crippen LogP contribution in [0.15, 0.2) is 0 Å². The lowest BCUT2D eigenvalue weighted by molar-refractivity contribution is -0.254. The van der Waals surface area contributed by atoms with Crippen molar-refractivity contribution in [1.29, 1.82) is 0 Å². The second kappa shape index (κ2) is 16.9. The zero-order chi connectivity index (χ0) is 22.2. The summed E-state index contributed by atoms with van der Waals surface area (Å²) in [6.07, 6.45) is -1.49. The van der Waals surface area contributed by atoms with E-state index in [0.717, 1.165) is 32.1 Å². The van der Waals surface area contributed by atoms with Gasteiger partial charge >= 0.3 is 0 Å². The summed E-state index contributed by atoms with van der Waals surface area (Å²) in [6.45, 7) is 4.84. The lowest BCUT2D eigenvalue weighted by Gasteiger charge is -2.31. The molecule has 9 nitrogen and oxygen atoms in total. The van der Waals surface area contributed by atoms with Gasteiger partial charge in [0.05, 0.1) is 25.4 Å². The van der Waals surface area contributed by atoms with Gasteiger partial charge in [0.2, 0.25) is 5.91 Å². The molecule has 6 N–H and O–H groups in total. The third-order valence-corrected chi connectivity index (χ3v) is 4.64. The van der Waals surface area contributed by atoms with Crippen molar-refractivity contribution in [2.75, 3.05) is 19.8 Å². The predicted octanol–water partition coefficient (Wildman–Crippen LogP) is 0.0568. The number of rotatable bonds is 18. The second-order valence-corrected chi connectivity index (χ2v) is 7.34. The smallest absolute Gasteiger partial charge is 0.248 e. The van der Waals surface area contributed by atoms with Gasteiger partial charge in [0.15, 0.2) is 6.29 Å². The molecule has 0 bridgehead atoms. The van der Waals surface area contributed by atoms with Crippen LogP contribution in [0, 0.1) is 0 Å². The van der Waals surface area contributed by atoms with Gasteiger partial charge in [-0.15, -0.1) is 0 Å². The molecular formula is C20H41NO8. The minimum absolute atomic E-state index is 0.278. The number of carbonyl (C=O) groups is 1. The lowest BCUT2D eigenvalue weighted by Crippen LogP contribution is -2.46. The number of aliphatic hydroxyl groups is 5. The standard InChI is InChI=1S/C20H41NO8/c1-4-6-7-8-9-10-21-19(27)16(25)11-18(17(26)13-23)29-20(14(3)24)28-15(5-2)12-22/h14-18,20,22-26H,4-13H2,1-3H3,(H,21,27)/t14-,15?,16-,17?,18?,20?/m0/s1. The Labute approximate surface area is 174 Å². The normalized spacial score (nSPS) is 17.9. The summed E-state index contributed by atoms with van der Waals surface area (Å²) in [7, 11) is 0. The molecule has 0 spiro atoms. The molecule has 6 atom stereocenters. The van der Waals surface area contributed by atoms with Gasteiger partial charge < -0.3 is 40.3 Å². The first-order chi connectivity index (χ1) is 13.8. The fourth-order valence-electron chi connectivity index (χ4n) is 2.70.